The molecule has 0 radical (unpaired) electrons. The molecule has 0 N–H and O–H groups in total. The van der Waals surface area contributed by atoms with Crippen molar-refractivity contribution >= 4 is 17.7 Å². The molecule has 6 nitrogen and oxygen atoms in total. The number of carbonyl (C=O) groups is 1. The number of nitrogens with zero attached hydrogens (tertiary/aromatic N) is 2. The highest BCUT2D eigenvalue weighted by atomic mass is 16.6. The second kappa shape index (κ2) is 6.67. The molecule has 1 aromatic rings. The number of nitro benzene ring substituents is 1. The largest absolute Gasteiger partial charge is 0.383 e. The first-order chi connectivity index (χ1) is 10.1. The highest BCUT2D eigenvalue weighted by molar-refractivity contribution is 5.83. The Bertz CT molecular complexity index is 528. The number of nitro groups is 1. The van der Waals surface area contributed by atoms with Crippen molar-refractivity contribution < 1.29 is 14.5 Å². The molecule has 1 aliphatic rings. The van der Waals surface area contributed by atoms with E-state index < -0.39 is 4.92 Å². The maximum absolute atomic E-state index is 11.1. The Kier molecular flexibility index (Phi) is 4.90. The molecule has 0 bridgehead atoms. The zero-order valence-electron chi connectivity index (χ0n) is 12.3. The molecule has 0 spiro atoms. The lowest BCUT2D eigenvalue weighted by Gasteiger charge is -2.31. The summed E-state index contributed by atoms with van der Waals surface area (Å²) in [5.41, 5.74) is 0.793. The Morgan fingerprint density at radius 1 is 1.52 bits per heavy atom. The van der Waals surface area contributed by atoms with Gasteiger partial charge in [-0.2, -0.15) is 0 Å². The minimum Gasteiger partial charge on any atom is -0.383 e. The van der Waals surface area contributed by atoms with Crippen LogP contribution in [0, 0.1) is 16.0 Å². The smallest absolute Gasteiger partial charge is 0.280 e. The summed E-state index contributed by atoms with van der Waals surface area (Å²) >= 11 is 0. The van der Waals surface area contributed by atoms with Crippen LogP contribution in [-0.4, -0.2) is 37.5 Å². The second-order valence-electron chi connectivity index (χ2n) is 5.38. The highest BCUT2D eigenvalue weighted by Crippen LogP contribution is 2.37. The van der Waals surface area contributed by atoms with Gasteiger partial charge in [-0.1, -0.05) is 0 Å². The fourth-order valence-corrected chi connectivity index (χ4v) is 2.57. The standard InChI is InChI=1S/C15H20N2O4/c1-11(12-3-4-12)16(7-8-21-2)14-5-6-15(17(19)20)13(9-14)10-18/h5-6,9-12H,3-4,7-8H2,1-2H3. The Balaban J connectivity index is 2.30. The molecule has 0 heterocycles. The third kappa shape index (κ3) is 3.58. The lowest BCUT2D eigenvalue weighted by molar-refractivity contribution is -0.385. The number of hydrogen-bond acceptors (Lipinski definition) is 5. The van der Waals surface area contributed by atoms with Crippen LogP contribution in [0.1, 0.15) is 30.1 Å². The van der Waals surface area contributed by atoms with Crippen LogP contribution in [0.25, 0.3) is 0 Å². The predicted molar refractivity (Wildman–Crippen MR) is 79.9 cm³/mol. The summed E-state index contributed by atoms with van der Waals surface area (Å²) in [5, 5.41) is 10.9. The lowest BCUT2D eigenvalue weighted by atomic mass is 10.1. The third-order valence-electron chi connectivity index (χ3n) is 4.00. The molecule has 1 aromatic carbocycles. The van der Waals surface area contributed by atoms with Gasteiger partial charge >= 0.3 is 0 Å². The minimum atomic E-state index is -0.530. The van der Waals surface area contributed by atoms with Gasteiger partial charge in [-0.3, -0.25) is 14.9 Å². The van der Waals surface area contributed by atoms with E-state index in [2.05, 4.69) is 11.8 Å². The average Bonchev–Trinajstić information content (AvgIpc) is 3.31. The fourth-order valence-electron chi connectivity index (χ4n) is 2.57. The summed E-state index contributed by atoms with van der Waals surface area (Å²) in [7, 11) is 1.65. The number of rotatable bonds is 8. The van der Waals surface area contributed by atoms with Crippen molar-refractivity contribution in [2.45, 2.75) is 25.8 Å². The van der Waals surface area contributed by atoms with E-state index in [0.717, 1.165) is 5.69 Å². The highest BCUT2D eigenvalue weighted by Gasteiger charge is 2.32. The lowest BCUT2D eigenvalue weighted by Crippen LogP contribution is -2.37. The Morgan fingerprint density at radius 2 is 2.24 bits per heavy atom. The molecule has 114 valence electrons. The van der Waals surface area contributed by atoms with Crippen LogP contribution in [-0.2, 0) is 4.74 Å². The molecular formula is C15H20N2O4. The van der Waals surface area contributed by atoms with Gasteiger partial charge in [-0.05, 0) is 37.8 Å². The van der Waals surface area contributed by atoms with Gasteiger partial charge in [0, 0.05) is 31.5 Å². The molecule has 1 atom stereocenters. The van der Waals surface area contributed by atoms with Gasteiger partial charge in [0.1, 0.15) is 0 Å². The second-order valence-corrected chi connectivity index (χ2v) is 5.38. The van der Waals surface area contributed by atoms with Crippen LogP contribution in [0.3, 0.4) is 0 Å². The maximum atomic E-state index is 11.1. The van der Waals surface area contributed by atoms with Gasteiger partial charge in [-0.25, -0.2) is 0 Å². The van der Waals surface area contributed by atoms with E-state index in [1.165, 1.54) is 18.9 Å². The molecular weight excluding hydrogens is 272 g/mol. The van der Waals surface area contributed by atoms with E-state index >= 15 is 0 Å². The molecule has 2 rings (SSSR count). The normalized spacial score (nSPS) is 15.5. The van der Waals surface area contributed by atoms with Gasteiger partial charge in [0.15, 0.2) is 6.29 Å². The van der Waals surface area contributed by atoms with Crippen molar-refractivity contribution in [1.82, 2.24) is 0 Å². The Labute approximate surface area is 123 Å². The summed E-state index contributed by atoms with van der Waals surface area (Å²) in [6, 6.07) is 5.04. The molecule has 0 saturated heterocycles. The van der Waals surface area contributed by atoms with Gasteiger partial charge in [0.25, 0.3) is 5.69 Å². The van der Waals surface area contributed by atoms with Crippen molar-refractivity contribution in [2.75, 3.05) is 25.2 Å². The first-order valence-corrected chi connectivity index (χ1v) is 7.07. The zero-order valence-corrected chi connectivity index (χ0v) is 12.3. The van der Waals surface area contributed by atoms with Gasteiger partial charge in [-0.15, -0.1) is 0 Å². The number of aldehydes is 1. The van der Waals surface area contributed by atoms with Crippen LogP contribution in [0.4, 0.5) is 11.4 Å². The van der Waals surface area contributed by atoms with Gasteiger partial charge in [0.2, 0.25) is 0 Å². The molecule has 6 heteroatoms. The van der Waals surface area contributed by atoms with Gasteiger partial charge in [0.05, 0.1) is 17.1 Å². The van der Waals surface area contributed by atoms with Crippen LogP contribution in [0.5, 0.6) is 0 Å². The first kappa shape index (κ1) is 15.4. The van der Waals surface area contributed by atoms with E-state index in [1.54, 1.807) is 19.2 Å². The van der Waals surface area contributed by atoms with Crippen LogP contribution in [0.15, 0.2) is 18.2 Å². The van der Waals surface area contributed by atoms with Crippen LogP contribution < -0.4 is 4.90 Å². The van der Waals surface area contributed by atoms with Crippen molar-refractivity contribution in [3.05, 3.63) is 33.9 Å². The summed E-state index contributed by atoms with van der Waals surface area (Å²) in [6.45, 7) is 3.42. The average molecular weight is 292 g/mol. The van der Waals surface area contributed by atoms with Crippen molar-refractivity contribution in [3.63, 3.8) is 0 Å². The Hall–Kier alpha value is -1.95. The van der Waals surface area contributed by atoms with E-state index in [0.29, 0.717) is 31.4 Å². The summed E-state index contributed by atoms with van der Waals surface area (Å²) in [4.78, 5) is 23.6. The molecule has 0 amide bonds. The van der Waals surface area contributed by atoms with Crippen molar-refractivity contribution in [2.24, 2.45) is 5.92 Å². The minimum absolute atomic E-state index is 0.114. The van der Waals surface area contributed by atoms with Crippen LogP contribution in [0.2, 0.25) is 0 Å². The molecule has 1 aliphatic carbocycles. The summed E-state index contributed by atoms with van der Waals surface area (Å²) in [5.74, 6) is 0.650. The number of hydrogen-bond donors (Lipinski definition) is 0. The number of benzene rings is 1. The van der Waals surface area contributed by atoms with E-state index in [9.17, 15) is 14.9 Å². The first-order valence-electron chi connectivity index (χ1n) is 7.07. The molecule has 21 heavy (non-hydrogen) atoms. The molecule has 1 saturated carbocycles. The third-order valence-corrected chi connectivity index (χ3v) is 4.00. The van der Waals surface area contributed by atoms with Gasteiger partial charge < -0.3 is 9.64 Å². The topological polar surface area (TPSA) is 72.7 Å². The molecule has 0 aromatic heterocycles. The van der Waals surface area contributed by atoms with E-state index in [4.69, 9.17) is 4.74 Å². The van der Waals surface area contributed by atoms with E-state index in [1.807, 2.05) is 0 Å². The van der Waals surface area contributed by atoms with E-state index in [-0.39, 0.29) is 11.3 Å². The SMILES string of the molecule is COCCN(c1ccc([N+](=O)[O-])c(C=O)c1)C(C)C1CC1. The number of anilines is 1. The predicted octanol–water partition coefficient (Wildman–Crippen LogP) is 2.66. The zero-order chi connectivity index (χ0) is 15.4. The quantitative estimate of drug-likeness (QED) is 0.418. The summed E-state index contributed by atoms with van der Waals surface area (Å²) in [6.07, 6.45) is 2.95. The summed E-state index contributed by atoms with van der Waals surface area (Å²) < 4.78 is 5.14. The molecule has 1 fully saturated rings. The maximum Gasteiger partial charge on any atom is 0.280 e. The number of methoxy groups -OCH3 is 1. The van der Waals surface area contributed by atoms with Crippen molar-refractivity contribution in [3.8, 4) is 0 Å². The van der Waals surface area contributed by atoms with Crippen molar-refractivity contribution in [1.29, 1.82) is 0 Å². The Morgan fingerprint density at radius 3 is 2.76 bits per heavy atom. The van der Waals surface area contributed by atoms with Crippen LogP contribution >= 0.6 is 0 Å². The molecule has 0 aliphatic heterocycles. The molecule has 1 unspecified atom stereocenters. The monoisotopic (exact) mass is 292 g/mol. The number of ether oxygens (including phenoxy) is 1. The fraction of sp³-hybridized carbons (Fsp3) is 0.533. The number of carbonyl (C=O) groups excluding carboxylic acids is 1.